The largest absolute Gasteiger partial charge is 0.330 e. The van der Waals surface area contributed by atoms with E-state index in [9.17, 15) is 9.18 Å². The Labute approximate surface area is 123 Å². The predicted octanol–water partition coefficient (Wildman–Crippen LogP) is 2.09. The van der Waals surface area contributed by atoms with Crippen molar-refractivity contribution in [3.63, 3.8) is 0 Å². The summed E-state index contributed by atoms with van der Waals surface area (Å²) in [6.07, 6.45) is 1.02. The number of hydrogen-bond donors (Lipinski definition) is 2. The summed E-state index contributed by atoms with van der Waals surface area (Å²) in [7, 11) is 0. The third-order valence-corrected chi connectivity index (χ3v) is 3.96. The minimum atomic E-state index is -0.497. The van der Waals surface area contributed by atoms with Crippen molar-refractivity contribution in [1.82, 2.24) is 4.90 Å². The van der Waals surface area contributed by atoms with Gasteiger partial charge in [-0.15, -0.1) is 0 Å². The van der Waals surface area contributed by atoms with E-state index in [1.54, 1.807) is 0 Å². The first-order valence-corrected chi connectivity index (χ1v) is 7.06. The molecule has 1 aliphatic rings. The van der Waals surface area contributed by atoms with Crippen molar-refractivity contribution in [2.45, 2.75) is 19.4 Å². The van der Waals surface area contributed by atoms with Crippen LogP contribution in [-0.4, -0.2) is 36.5 Å². The molecule has 0 aromatic heterocycles. The molecule has 20 heavy (non-hydrogen) atoms. The van der Waals surface area contributed by atoms with Crippen LogP contribution in [0.4, 0.5) is 10.1 Å². The second kappa shape index (κ2) is 6.52. The highest BCUT2D eigenvalue weighted by Gasteiger charge is 2.29. The van der Waals surface area contributed by atoms with E-state index in [1.807, 2.05) is 0 Å². The number of nitrogens with one attached hydrogen (secondary N) is 1. The summed E-state index contributed by atoms with van der Waals surface area (Å²) in [6.45, 7) is 3.90. The van der Waals surface area contributed by atoms with Crippen molar-refractivity contribution in [3.05, 3.63) is 29.0 Å². The monoisotopic (exact) mass is 299 g/mol. The van der Waals surface area contributed by atoms with E-state index < -0.39 is 5.82 Å². The normalized spacial score (nSPS) is 23.0. The molecule has 0 radical (unpaired) electrons. The molecule has 0 spiro atoms. The van der Waals surface area contributed by atoms with E-state index in [4.69, 9.17) is 17.3 Å². The molecule has 2 atom stereocenters. The second-order valence-electron chi connectivity index (χ2n) is 5.29. The van der Waals surface area contributed by atoms with Crippen molar-refractivity contribution in [1.29, 1.82) is 0 Å². The smallest absolute Gasteiger partial charge is 0.238 e. The number of carbonyl (C=O) groups excluding carboxylic acids is 1. The van der Waals surface area contributed by atoms with Crippen molar-refractivity contribution < 1.29 is 9.18 Å². The van der Waals surface area contributed by atoms with Crippen LogP contribution in [0.5, 0.6) is 0 Å². The van der Waals surface area contributed by atoms with Crippen LogP contribution in [0.1, 0.15) is 13.3 Å². The first-order chi connectivity index (χ1) is 9.49. The highest BCUT2D eigenvalue weighted by molar-refractivity contribution is 6.31. The number of likely N-dealkylation sites (tertiary alicyclic amines) is 1. The van der Waals surface area contributed by atoms with Crippen LogP contribution < -0.4 is 11.1 Å². The standard InChI is InChI=1S/C14H19ClFN3O/c1-9-4-10(6-17)7-19(9)8-14(20)18-11-2-3-13(16)12(15)5-11/h2-3,5,9-10H,4,6-8,17H2,1H3,(H,18,20). The van der Waals surface area contributed by atoms with Crippen LogP contribution in [0.25, 0.3) is 0 Å². The average molecular weight is 300 g/mol. The Hall–Kier alpha value is -1.17. The summed E-state index contributed by atoms with van der Waals surface area (Å²) in [4.78, 5) is 14.1. The van der Waals surface area contributed by atoms with Gasteiger partial charge in [-0.25, -0.2) is 4.39 Å². The molecule has 1 saturated heterocycles. The molecule has 110 valence electrons. The van der Waals surface area contributed by atoms with Crippen LogP contribution in [0.3, 0.4) is 0 Å². The van der Waals surface area contributed by atoms with Gasteiger partial charge >= 0.3 is 0 Å². The fraction of sp³-hybridized carbons (Fsp3) is 0.500. The maximum Gasteiger partial charge on any atom is 0.238 e. The van der Waals surface area contributed by atoms with Gasteiger partial charge < -0.3 is 11.1 Å². The molecular weight excluding hydrogens is 281 g/mol. The molecule has 6 heteroatoms. The van der Waals surface area contributed by atoms with E-state index in [0.717, 1.165) is 13.0 Å². The summed E-state index contributed by atoms with van der Waals surface area (Å²) >= 11 is 5.68. The number of halogens is 2. The molecule has 2 unspecified atom stereocenters. The minimum Gasteiger partial charge on any atom is -0.330 e. The Balaban J connectivity index is 1.91. The van der Waals surface area contributed by atoms with Crippen LogP contribution >= 0.6 is 11.6 Å². The van der Waals surface area contributed by atoms with Gasteiger partial charge in [0.25, 0.3) is 0 Å². The molecule has 1 amide bonds. The number of benzene rings is 1. The van der Waals surface area contributed by atoms with Gasteiger partial charge in [0.1, 0.15) is 5.82 Å². The zero-order chi connectivity index (χ0) is 14.7. The summed E-state index contributed by atoms with van der Waals surface area (Å²) in [5.74, 6) is -0.168. The van der Waals surface area contributed by atoms with E-state index >= 15 is 0 Å². The van der Waals surface area contributed by atoms with Gasteiger partial charge in [-0.3, -0.25) is 9.69 Å². The topological polar surface area (TPSA) is 58.4 Å². The molecule has 1 aliphatic heterocycles. The zero-order valence-corrected chi connectivity index (χ0v) is 12.2. The molecule has 0 saturated carbocycles. The molecular formula is C14H19ClFN3O. The fourth-order valence-corrected chi connectivity index (χ4v) is 2.75. The fourth-order valence-electron chi connectivity index (χ4n) is 2.57. The number of anilines is 1. The van der Waals surface area contributed by atoms with Crippen LogP contribution in [0.2, 0.25) is 5.02 Å². The van der Waals surface area contributed by atoms with Crippen molar-refractivity contribution in [2.24, 2.45) is 11.7 Å². The molecule has 1 fully saturated rings. The average Bonchev–Trinajstić information content (AvgIpc) is 2.74. The zero-order valence-electron chi connectivity index (χ0n) is 11.4. The Bertz CT molecular complexity index is 497. The van der Waals surface area contributed by atoms with E-state index in [0.29, 0.717) is 30.7 Å². The lowest BCUT2D eigenvalue weighted by Crippen LogP contribution is -2.36. The summed E-state index contributed by atoms with van der Waals surface area (Å²) in [5.41, 5.74) is 6.17. The van der Waals surface area contributed by atoms with Crippen LogP contribution in [-0.2, 0) is 4.79 Å². The number of rotatable bonds is 4. The SMILES string of the molecule is CC1CC(CN)CN1CC(=O)Nc1ccc(F)c(Cl)c1. The number of amides is 1. The maximum absolute atomic E-state index is 13.0. The third kappa shape index (κ3) is 3.69. The number of hydrogen-bond acceptors (Lipinski definition) is 3. The van der Waals surface area contributed by atoms with Crippen molar-refractivity contribution in [3.8, 4) is 0 Å². The Morgan fingerprint density at radius 2 is 2.35 bits per heavy atom. The lowest BCUT2D eigenvalue weighted by molar-refractivity contribution is -0.117. The minimum absolute atomic E-state index is 0.000497. The molecule has 3 N–H and O–H groups in total. The molecule has 0 bridgehead atoms. The number of nitrogens with zero attached hydrogens (tertiary/aromatic N) is 1. The molecule has 2 rings (SSSR count). The molecule has 4 nitrogen and oxygen atoms in total. The summed E-state index contributed by atoms with van der Waals surface area (Å²) in [6, 6.07) is 4.49. The van der Waals surface area contributed by atoms with Gasteiger partial charge in [0.2, 0.25) is 5.91 Å². The van der Waals surface area contributed by atoms with Gasteiger partial charge in [-0.05, 0) is 44.0 Å². The van der Waals surface area contributed by atoms with Crippen LogP contribution in [0.15, 0.2) is 18.2 Å². The lowest BCUT2D eigenvalue weighted by Gasteiger charge is -2.20. The van der Waals surface area contributed by atoms with Crippen molar-refractivity contribution in [2.75, 3.05) is 25.0 Å². The second-order valence-corrected chi connectivity index (χ2v) is 5.70. The molecule has 1 aromatic carbocycles. The van der Waals surface area contributed by atoms with E-state index in [-0.39, 0.29) is 10.9 Å². The third-order valence-electron chi connectivity index (χ3n) is 3.67. The maximum atomic E-state index is 13.0. The van der Waals surface area contributed by atoms with Gasteiger partial charge in [0.15, 0.2) is 0 Å². The quantitative estimate of drug-likeness (QED) is 0.895. The van der Waals surface area contributed by atoms with E-state index in [2.05, 4.69) is 17.1 Å². The van der Waals surface area contributed by atoms with Gasteiger partial charge in [-0.1, -0.05) is 11.6 Å². The molecule has 0 aliphatic carbocycles. The van der Waals surface area contributed by atoms with Crippen LogP contribution in [0, 0.1) is 11.7 Å². The predicted molar refractivity (Wildman–Crippen MR) is 78.2 cm³/mol. The van der Waals surface area contributed by atoms with Gasteiger partial charge in [0, 0.05) is 18.3 Å². The summed E-state index contributed by atoms with van der Waals surface area (Å²) in [5, 5.41) is 2.73. The molecule has 1 aromatic rings. The van der Waals surface area contributed by atoms with E-state index in [1.165, 1.54) is 18.2 Å². The number of nitrogens with two attached hydrogens (primary N) is 1. The first kappa shape index (κ1) is 15.2. The molecule has 1 heterocycles. The van der Waals surface area contributed by atoms with Gasteiger partial charge in [-0.2, -0.15) is 0 Å². The highest BCUT2D eigenvalue weighted by Crippen LogP contribution is 2.22. The Kier molecular flexibility index (Phi) is 4.96. The first-order valence-electron chi connectivity index (χ1n) is 6.68. The summed E-state index contributed by atoms with van der Waals surface area (Å²) < 4.78 is 13.0. The highest BCUT2D eigenvalue weighted by atomic mass is 35.5. The van der Waals surface area contributed by atoms with Crippen molar-refractivity contribution >= 4 is 23.2 Å². The number of carbonyl (C=O) groups is 1. The van der Waals surface area contributed by atoms with Gasteiger partial charge in [0.05, 0.1) is 11.6 Å². The lowest BCUT2D eigenvalue weighted by atomic mass is 10.1. The Morgan fingerprint density at radius 3 is 2.95 bits per heavy atom. The Morgan fingerprint density at radius 1 is 1.60 bits per heavy atom.